The quantitative estimate of drug-likeness (QED) is 0.369. The molecule has 164 valence electrons. The number of carbonyl (C=O) groups excluding carboxylic acids is 1. The monoisotopic (exact) mass is 429 g/mol. The van der Waals surface area contributed by atoms with E-state index in [-0.39, 0.29) is 24.6 Å². The first-order valence-corrected chi connectivity index (χ1v) is 9.52. The largest absolute Gasteiger partial charge is 0.493 e. The standard InChI is InChI=1S/C21H23N3O7/c1-21(30-9-10-31-21)12-20(25)23-22-13-16-5-8-18(19(11-16)28-2)29-14-15-3-6-17(7-4-15)24(26)27/h3-8,11,13H,9-10,12,14H2,1-2H3,(H,23,25). The highest BCUT2D eigenvalue weighted by molar-refractivity contribution is 5.83. The maximum absolute atomic E-state index is 12.0. The van der Waals surface area contributed by atoms with Gasteiger partial charge in [0.25, 0.3) is 5.69 Å². The van der Waals surface area contributed by atoms with E-state index in [4.69, 9.17) is 18.9 Å². The van der Waals surface area contributed by atoms with Crippen molar-refractivity contribution in [3.05, 3.63) is 63.7 Å². The van der Waals surface area contributed by atoms with Crippen molar-refractivity contribution in [3.8, 4) is 11.5 Å². The summed E-state index contributed by atoms with van der Waals surface area (Å²) in [5.41, 5.74) is 3.94. The molecule has 1 heterocycles. The molecular formula is C21H23N3O7. The number of nitro groups is 1. The van der Waals surface area contributed by atoms with Crippen molar-refractivity contribution in [2.45, 2.75) is 25.7 Å². The van der Waals surface area contributed by atoms with Gasteiger partial charge < -0.3 is 18.9 Å². The van der Waals surface area contributed by atoms with Crippen molar-refractivity contribution in [2.75, 3.05) is 20.3 Å². The van der Waals surface area contributed by atoms with Gasteiger partial charge in [0, 0.05) is 12.1 Å². The summed E-state index contributed by atoms with van der Waals surface area (Å²) in [6.07, 6.45) is 1.53. The summed E-state index contributed by atoms with van der Waals surface area (Å²) in [4.78, 5) is 22.3. The van der Waals surface area contributed by atoms with E-state index in [1.54, 1.807) is 37.3 Å². The van der Waals surface area contributed by atoms with Gasteiger partial charge in [0.05, 0.1) is 37.9 Å². The molecule has 0 atom stereocenters. The van der Waals surface area contributed by atoms with Gasteiger partial charge in [-0.3, -0.25) is 14.9 Å². The van der Waals surface area contributed by atoms with Gasteiger partial charge >= 0.3 is 0 Å². The van der Waals surface area contributed by atoms with Crippen LogP contribution in [-0.2, 0) is 20.9 Å². The number of amides is 1. The molecule has 0 bridgehead atoms. The highest BCUT2D eigenvalue weighted by Gasteiger charge is 2.33. The Bertz CT molecular complexity index is 954. The zero-order valence-corrected chi connectivity index (χ0v) is 17.2. The smallest absolute Gasteiger partial charge is 0.269 e. The number of non-ortho nitro benzene ring substituents is 1. The molecule has 1 aliphatic rings. The Kier molecular flexibility index (Phi) is 7.16. The molecule has 2 aromatic carbocycles. The summed E-state index contributed by atoms with van der Waals surface area (Å²) in [7, 11) is 1.51. The molecule has 1 amide bonds. The third-order valence-corrected chi connectivity index (χ3v) is 4.51. The lowest BCUT2D eigenvalue weighted by Gasteiger charge is -2.20. The molecule has 0 aliphatic carbocycles. The molecule has 1 N–H and O–H groups in total. The van der Waals surface area contributed by atoms with Gasteiger partial charge in [-0.1, -0.05) is 0 Å². The number of nitrogens with one attached hydrogen (secondary N) is 1. The lowest BCUT2D eigenvalue weighted by molar-refractivity contribution is -0.384. The Morgan fingerprint density at radius 3 is 2.58 bits per heavy atom. The Balaban J connectivity index is 1.55. The lowest BCUT2D eigenvalue weighted by Crippen LogP contribution is -2.33. The topological polar surface area (TPSA) is 122 Å². The van der Waals surface area contributed by atoms with Crippen LogP contribution < -0.4 is 14.9 Å². The van der Waals surface area contributed by atoms with Crippen LogP contribution >= 0.6 is 0 Å². The number of nitrogens with zero attached hydrogens (tertiary/aromatic N) is 2. The van der Waals surface area contributed by atoms with Gasteiger partial charge in [0.1, 0.15) is 6.61 Å². The fourth-order valence-corrected chi connectivity index (χ4v) is 2.93. The molecule has 3 rings (SSSR count). The highest BCUT2D eigenvalue weighted by atomic mass is 16.7. The van der Waals surface area contributed by atoms with Crippen molar-refractivity contribution in [2.24, 2.45) is 5.10 Å². The predicted molar refractivity (Wildman–Crippen MR) is 111 cm³/mol. The SMILES string of the molecule is COc1cc(C=NNC(=O)CC2(C)OCCO2)ccc1OCc1ccc([N+](=O)[O-])cc1. The van der Waals surface area contributed by atoms with Crippen LogP contribution in [0.1, 0.15) is 24.5 Å². The molecule has 0 spiro atoms. The first kappa shape index (κ1) is 22.2. The second-order valence-corrected chi connectivity index (χ2v) is 6.92. The second kappa shape index (κ2) is 10.0. The predicted octanol–water partition coefficient (Wildman–Crippen LogP) is 2.79. The minimum atomic E-state index is -0.911. The first-order valence-electron chi connectivity index (χ1n) is 9.52. The minimum absolute atomic E-state index is 0.0226. The summed E-state index contributed by atoms with van der Waals surface area (Å²) >= 11 is 0. The molecule has 0 unspecified atom stereocenters. The van der Waals surface area contributed by atoms with Crippen molar-refractivity contribution in [1.29, 1.82) is 0 Å². The molecule has 1 fully saturated rings. The molecule has 0 aromatic heterocycles. The molecule has 31 heavy (non-hydrogen) atoms. The number of rotatable bonds is 9. The second-order valence-electron chi connectivity index (χ2n) is 6.92. The third-order valence-electron chi connectivity index (χ3n) is 4.51. The minimum Gasteiger partial charge on any atom is -0.493 e. The highest BCUT2D eigenvalue weighted by Crippen LogP contribution is 2.28. The molecule has 10 heteroatoms. The number of methoxy groups -OCH3 is 1. The number of hydrazone groups is 1. The van der Waals surface area contributed by atoms with Crippen LogP contribution in [0.5, 0.6) is 11.5 Å². The molecule has 0 radical (unpaired) electrons. The normalized spacial score (nSPS) is 15.0. The van der Waals surface area contributed by atoms with Gasteiger partial charge in [-0.2, -0.15) is 5.10 Å². The van der Waals surface area contributed by atoms with Crippen LogP contribution in [-0.4, -0.2) is 43.2 Å². The van der Waals surface area contributed by atoms with Gasteiger partial charge in [0.15, 0.2) is 17.3 Å². The van der Waals surface area contributed by atoms with Crippen molar-refractivity contribution in [1.82, 2.24) is 5.43 Å². The van der Waals surface area contributed by atoms with E-state index >= 15 is 0 Å². The fourth-order valence-electron chi connectivity index (χ4n) is 2.93. The average molecular weight is 429 g/mol. The zero-order chi connectivity index (χ0) is 22.3. The molecule has 2 aromatic rings. The average Bonchev–Trinajstić information content (AvgIpc) is 3.18. The first-order chi connectivity index (χ1) is 14.9. The van der Waals surface area contributed by atoms with Crippen LogP contribution in [0.15, 0.2) is 47.6 Å². The van der Waals surface area contributed by atoms with Crippen LogP contribution in [0.25, 0.3) is 0 Å². The summed E-state index contributed by atoms with van der Waals surface area (Å²) in [5.74, 6) is -0.246. The van der Waals surface area contributed by atoms with Crippen LogP contribution in [0.3, 0.4) is 0 Å². The van der Waals surface area contributed by atoms with E-state index in [1.165, 1.54) is 25.5 Å². The van der Waals surface area contributed by atoms with E-state index in [9.17, 15) is 14.9 Å². The van der Waals surface area contributed by atoms with Gasteiger partial charge in [0.2, 0.25) is 5.91 Å². The van der Waals surface area contributed by atoms with E-state index in [2.05, 4.69) is 10.5 Å². The van der Waals surface area contributed by atoms with E-state index < -0.39 is 10.7 Å². The lowest BCUT2D eigenvalue weighted by atomic mass is 10.2. The number of benzene rings is 2. The Hall–Kier alpha value is -3.50. The number of hydrogen-bond donors (Lipinski definition) is 1. The number of nitro benzene ring substituents is 1. The number of carbonyl (C=O) groups is 1. The maximum Gasteiger partial charge on any atom is 0.269 e. The third kappa shape index (κ3) is 6.24. The Labute approximate surface area is 178 Å². The summed E-state index contributed by atoms with van der Waals surface area (Å²) in [6, 6.07) is 11.3. The summed E-state index contributed by atoms with van der Waals surface area (Å²) in [6.45, 7) is 2.86. The summed E-state index contributed by atoms with van der Waals surface area (Å²) in [5, 5.41) is 14.7. The van der Waals surface area contributed by atoms with Crippen LogP contribution in [0.2, 0.25) is 0 Å². The van der Waals surface area contributed by atoms with E-state index in [1.807, 2.05) is 0 Å². The molecule has 0 saturated carbocycles. The Morgan fingerprint density at radius 1 is 1.23 bits per heavy atom. The zero-order valence-electron chi connectivity index (χ0n) is 17.2. The van der Waals surface area contributed by atoms with Crippen LogP contribution in [0.4, 0.5) is 5.69 Å². The van der Waals surface area contributed by atoms with Crippen LogP contribution in [0, 0.1) is 10.1 Å². The molecular weight excluding hydrogens is 406 g/mol. The Morgan fingerprint density at radius 2 is 1.94 bits per heavy atom. The fraction of sp³-hybridized carbons (Fsp3) is 0.333. The van der Waals surface area contributed by atoms with Gasteiger partial charge in [-0.15, -0.1) is 0 Å². The molecule has 10 nitrogen and oxygen atoms in total. The van der Waals surface area contributed by atoms with Gasteiger partial charge in [-0.05, 0) is 48.4 Å². The number of ether oxygens (including phenoxy) is 4. The number of hydrogen-bond acceptors (Lipinski definition) is 8. The molecule has 1 saturated heterocycles. The van der Waals surface area contributed by atoms with Crippen molar-refractivity contribution >= 4 is 17.8 Å². The van der Waals surface area contributed by atoms with Gasteiger partial charge in [-0.25, -0.2) is 5.43 Å². The maximum atomic E-state index is 12.0. The van der Waals surface area contributed by atoms with E-state index in [0.717, 1.165) is 5.56 Å². The van der Waals surface area contributed by atoms with Crippen molar-refractivity contribution in [3.63, 3.8) is 0 Å². The van der Waals surface area contributed by atoms with Crippen molar-refractivity contribution < 1.29 is 28.7 Å². The molecule has 1 aliphatic heterocycles. The summed E-state index contributed by atoms with van der Waals surface area (Å²) < 4.78 is 21.9. The van der Waals surface area contributed by atoms with E-state index in [0.29, 0.717) is 30.3 Å².